The number of nitrogens with one attached hydrogen (secondary N) is 2. The molecule has 7 heteroatoms. The van der Waals surface area contributed by atoms with Gasteiger partial charge in [-0.25, -0.2) is 0 Å². The fraction of sp³-hybridized carbons (Fsp3) is 0.500. The number of guanidine groups is 1. The highest BCUT2D eigenvalue weighted by Gasteiger charge is 2.58. The van der Waals surface area contributed by atoms with Crippen LogP contribution in [0.4, 0.5) is 0 Å². The van der Waals surface area contributed by atoms with Gasteiger partial charge in [-0.3, -0.25) is 19.5 Å². The van der Waals surface area contributed by atoms with Crippen molar-refractivity contribution < 1.29 is 14.3 Å². The molecule has 2 amide bonds. The van der Waals surface area contributed by atoms with Crippen LogP contribution in [0.3, 0.4) is 0 Å². The van der Waals surface area contributed by atoms with Gasteiger partial charge in [0.15, 0.2) is 5.96 Å². The number of allylic oxidation sites excluding steroid dienone is 2. The first kappa shape index (κ1) is 19.5. The largest absolute Gasteiger partial charge is 0.492 e. The van der Waals surface area contributed by atoms with E-state index in [-0.39, 0.29) is 35.5 Å². The number of imide groups is 1. The smallest absolute Gasteiger partial charge is 0.233 e. The number of rotatable bonds is 7. The molecule has 2 bridgehead atoms. The number of nitrogens with zero attached hydrogens (tertiary/aromatic N) is 2. The van der Waals surface area contributed by atoms with Crippen LogP contribution >= 0.6 is 0 Å². The summed E-state index contributed by atoms with van der Waals surface area (Å²) in [6.45, 7) is 3.96. The van der Waals surface area contributed by atoms with Crippen molar-refractivity contribution in [2.24, 2.45) is 28.7 Å². The Morgan fingerprint density at radius 2 is 1.83 bits per heavy atom. The van der Waals surface area contributed by atoms with E-state index in [4.69, 9.17) is 4.74 Å². The molecule has 2 N–H and O–H groups in total. The number of carbonyl (C=O) groups is 2. The summed E-state index contributed by atoms with van der Waals surface area (Å²) in [6, 6.07) is 7.92. The van der Waals surface area contributed by atoms with Crippen LogP contribution in [0.5, 0.6) is 5.75 Å². The summed E-state index contributed by atoms with van der Waals surface area (Å²) in [5.74, 6) is 1.70. The maximum absolute atomic E-state index is 12.7. The number of benzene rings is 1. The lowest BCUT2D eigenvalue weighted by atomic mass is 9.85. The van der Waals surface area contributed by atoms with Crippen molar-refractivity contribution in [3.05, 3.63) is 42.0 Å². The highest BCUT2D eigenvalue weighted by atomic mass is 16.5. The molecule has 2 aliphatic carbocycles. The minimum absolute atomic E-state index is 0.00634. The summed E-state index contributed by atoms with van der Waals surface area (Å²) in [5.41, 5.74) is 1.16. The predicted octanol–water partition coefficient (Wildman–Crippen LogP) is 1.35. The third-order valence-corrected chi connectivity index (χ3v) is 6.07. The van der Waals surface area contributed by atoms with Gasteiger partial charge in [-0.2, -0.15) is 0 Å². The monoisotopic (exact) mass is 396 g/mol. The van der Waals surface area contributed by atoms with Crippen LogP contribution in [-0.2, 0) is 9.59 Å². The van der Waals surface area contributed by atoms with Crippen molar-refractivity contribution >= 4 is 17.8 Å². The van der Waals surface area contributed by atoms with Gasteiger partial charge in [0.2, 0.25) is 11.8 Å². The zero-order valence-corrected chi connectivity index (χ0v) is 16.9. The van der Waals surface area contributed by atoms with Gasteiger partial charge in [0.25, 0.3) is 0 Å². The molecule has 1 aromatic carbocycles. The number of carbonyl (C=O) groups excluding carboxylic acids is 2. The normalized spacial score (nSPS) is 27.5. The molecule has 1 heterocycles. The van der Waals surface area contributed by atoms with Crippen LogP contribution in [0.25, 0.3) is 0 Å². The zero-order valence-electron chi connectivity index (χ0n) is 16.9. The van der Waals surface area contributed by atoms with Gasteiger partial charge in [0, 0.05) is 20.1 Å². The Kier molecular flexibility index (Phi) is 5.56. The second-order valence-corrected chi connectivity index (χ2v) is 7.92. The maximum atomic E-state index is 12.7. The summed E-state index contributed by atoms with van der Waals surface area (Å²) in [6.07, 6.45) is 5.19. The number of ether oxygens (including phenoxy) is 1. The van der Waals surface area contributed by atoms with Crippen LogP contribution in [0.2, 0.25) is 0 Å². The van der Waals surface area contributed by atoms with Gasteiger partial charge < -0.3 is 15.4 Å². The Hall–Kier alpha value is -2.83. The lowest BCUT2D eigenvalue weighted by Crippen LogP contribution is -2.44. The Morgan fingerprint density at radius 1 is 1.14 bits per heavy atom. The van der Waals surface area contributed by atoms with E-state index in [9.17, 15) is 9.59 Å². The molecule has 2 fully saturated rings. The quantitative estimate of drug-likeness (QED) is 0.239. The minimum Gasteiger partial charge on any atom is -0.492 e. The van der Waals surface area contributed by atoms with Crippen molar-refractivity contribution in [1.29, 1.82) is 0 Å². The molecule has 3 aliphatic rings. The van der Waals surface area contributed by atoms with Crippen molar-refractivity contribution in [1.82, 2.24) is 15.5 Å². The molecule has 0 aromatic heterocycles. The Morgan fingerprint density at radius 3 is 2.48 bits per heavy atom. The van der Waals surface area contributed by atoms with Crippen LogP contribution in [0.15, 0.2) is 41.4 Å². The van der Waals surface area contributed by atoms with Gasteiger partial charge in [-0.15, -0.1) is 0 Å². The molecule has 7 nitrogen and oxygen atoms in total. The van der Waals surface area contributed by atoms with E-state index in [1.54, 1.807) is 7.05 Å². The van der Waals surface area contributed by atoms with Gasteiger partial charge in [0.05, 0.1) is 18.4 Å². The van der Waals surface area contributed by atoms with Crippen LogP contribution < -0.4 is 15.4 Å². The van der Waals surface area contributed by atoms with E-state index >= 15 is 0 Å². The van der Waals surface area contributed by atoms with Crippen molar-refractivity contribution in [2.75, 3.05) is 33.3 Å². The van der Waals surface area contributed by atoms with E-state index in [1.165, 1.54) is 4.90 Å². The van der Waals surface area contributed by atoms with E-state index in [0.717, 1.165) is 17.7 Å². The summed E-state index contributed by atoms with van der Waals surface area (Å²) in [4.78, 5) is 31.0. The fourth-order valence-corrected chi connectivity index (χ4v) is 4.73. The second kappa shape index (κ2) is 8.27. The number of hydrogen-bond acceptors (Lipinski definition) is 4. The van der Waals surface area contributed by atoms with Crippen LogP contribution in [-0.4, -0.2) is 56.0 Å². The molecule has 0 radical (unpaired) electrons. The SMILES string of the molecule is CN=C(NCCOc1cccc(C)c1)NCCN1C(=O)C2C3C=CC(C3)C2C1=O. The molecular weight excluding hydrogens is 368 g/mol. The number of aryl methyl sites for hydroxylation is 1. The van der Waals surface area contributed by atoms with Crippen molar-refractivity contribution in [2.45, 2.75) is 13.3 Å². The first-order valence-corrected chi connectivity index (χ1v) is 10.3. The Bertz CT molecular complexity index is 820. The molecule has 1 aliphatic heterocycles. The van der Waals surface area contributed by atoms with Crippen LogP contribution in [0.1, 0.15) is 12.0 Å². The summed E-state index contributed by atoms with van der Waals surface area (Å²) >= 11 is 0. The third kappa shape index (κ3) is 3.86. The molecule has 4 unspecified atom stereocenters. The Labute approximate surface area is 171 Å². The average molecular weight is 396 g/mol. The van der Waals surface area contributed by atoms with E-state index < -0.39 is 0 Å². The summed E-state index contributed by atoms with van der Waals surface area (Å²) in [7, 11) is 1.69. The van der Waals surface area contributed by atoms with Gasteiger partial charge in [-0.1, -0.05) is 24.3 Å². The summed E-state index contributed by atoms with van der Waals surface area (Å²) < 4.78 is 5.72. The molecule has 4 rings (SSSR count). The number of amides is 2. The first-order valence-electron chi connectivity index (χ1n) is 10.3. The third-order valence-electron chi connectivity index (χ3n) is 6.07. The first-order chi connectivity index (χ1) is 14.1. The van der Waals surface area contributed by atoms with E-state index in [0.29, 0.717) is 32.2 Å². The fourth-order valence-electron chi connectivity index (χ4n) is 4.73. The number of aliphatic imine (C=N–C) groups is 1. The highest BCUT2D eigenvalue weighted by molar-refractivity contribution is 6.06. The molecule has 0 spiro atoms. The Balaban J connectivity index is 1.19. The molecule has 29 heavy (non-hydrogen) atoms. The number of fused-ring (bicyclic) bond motifs is 5. The maximum Gasteiger partial charge on any atom is 0.233 e. The molecule has 1 saturated heterocycles. The molecule has 154 valence electrons. The van der Waals surface area contributed by atoms with Gasteiger partial charge in [0.1, 0.15) is 12.4 Å². The van der Waals surface area contributed by atoms with Gasteiger partial charge >= 0.3 is 0 Å². The summed E-state index contributed by atoms with van der Waals surface area (Å²) in [5, 5.41) is 6.35. The standard InChI is InChI=1S/C22H28N4O3/c1-14-4-3-5-17(12-14)29-11-9-25-22(23-2)24-8-10-26-20(27)18-15-6-7-16(13-15)19(18)21(26)28/h3-7,12,15-16,18-19H,8-11,13H2,1-2H3,(H2,23,24,25). The van der Waals surface area contributed by atoms with Gasteiger partial charge in [-0.05, 0) is 42.9 Å². The van der Waals surface area contributed by atoms with E-state index in [2.05, 4.69) is 27.8 Å². The van der Waals surface area contributed by atoms with Crippen LogP contribution in [0, 0.1) is 30.6 Å². The van der Waals surface area contributed by atoms with Crippen molar-refractivity contribution in [3.63, 3.8) is 0 Å². The number of hydrogen-bond donors (Lipinski definition) is 2. The molecule has 4 atom stereocenters. The second-order valence-electron chi connectivity index (χ2n) is 7.92. The minimum atomic E-state index is -0.131. The molecule has 1 aromatic rings. The molecular formula is C22H28N4O3. The topological polar surface area (TPSA) is 83.0 Å². The average Bonchev–Trinajstić information content (AvgIpc) is 3.39. The number of likely N-dealkylation sites (tertiary alicyclic amines) is 1. The lowest BCUT2D eigenvalue weighted by Gasteiger charge is -2.18. The lowest BCUT2D eigenvalue weighted by molar-refractivity contribution is -0.140. The van der Waals surface area contributed by atoms with E-state index in [1.807, 2.05) is 31.2 Å². The molecule has 1 saturated carbocycles. The highest BCUT2D eigenvalue weighted by Crippen LogP contribution is 2.52. The zero-order chi connectivity index (χ0) is 20.4. The predicted molar refractivity (Wildman–Crippen MR) is 110 cm³/mol. The van der Waals surface area contributed by atoms with Crippen molar-refractivity contribution in [3.8, 4) is 5.75 Å².